The van der Waals surface area contributed by atoms with Crippen molar-refractivity contribution in [1.29, 1.82) is 0 Å². The number of nitrogens with zero attached hydrogens (tertiary/aromatic N) is 6. The first kappa shape index (κ1) is 16.7. The van der Waals surface area contributed by atoms with Gasteiger partial charge in [-0.2, -0.15) is 5.10 Å². The first-order valence-corrected chi connectivity index (χ1v) is 8.75. The fourth-order valence-corrected chi connectivity index (χ4v) is 3.13. The van der Waals surface area contributed by atoms with Crippen LogP contribution in [0.1, 0.15) is 29.1 Å². The Hall–Kier alpha value is -2.74. The molecule has 1 aliphatic rings. The van der Waals surface area contributed by atoms with Crippen molar-refractivity contribution in [1.82, 2.24) is 25.1 Å². The van der Waals surface area contributed by atoms with Crippen LogP contribution in [-0.4, -0.2) is 44.3 Å². The average molecular weight is 354 g/mol. The van der Waals surface area contributed by atoms with E-state index in [-0.39, 0.29) is 6.10 Å². The lowest BCUT2D eigenvalue weighted by atomic mass is 10.2. The third-order valence-electron chi connectivity index (χ3n) is 4.71. The zero-order chi connectivity index (χ0) is 18.1. The van der Waals surface area contributed by atoms with Crippen LogP contribution in [0.5, 0.6) is 0 Å². The number of rotatable bonds is 5. The molecule has 136 valence electrons. The molecule has 4 heterocycles. The molecule has 3 aromatic heterocycles. The van der Waals surface area contributed by atoms with Gasteiger partial charge in [0.2, 0.25) is 0 Å². The largest absolute Gasteiger partial charge is 0.371 e. The lowest BCUT2D eigenvalue weighted by Gasteiger charge is -2.17. The van der Waals surface area contributed by atoms with Gasteiger partial charge in [0.1, 0.15) is 5.76 Å². The van der Waals surface area contributed by atoms with Crippen LogP contribution in [-0.2, 0) is 11.3 Å². The molecule has 0 radical (unpaired) electrons. The molecule has 0 N–H and O–H groups in total. The van der Waals surface area contributed by atoms with E-state index in [2.05, 4.69) is 25.4 Å². The minimum atomic E-state index is 0.166. The molecule has 0 spiro atoms. The molecule has 0 aliphatic carbocycles. The molecule has 3 aromatic rings. The lowest BCUT2D eigenvalue weighted by molar-refractivity contribution is 0.0544. The average Bonchev–Trinajstić information content (AvgIpc) is 3.35. The van der Waals surface area contributed by atoms with E-state index in [4.69, 9.17) is 9.26 Å². The van der Waals surface area contributed by atoms with Crippen molar-refractivity contribution < 1.29 is 9.26 Å². The third kappa shape index (κ3) is 3.32. The maximum atomic E-state index is 6.05. The van der Waals surface area contributed by atoms with Crippen LogP contribution in [0.25, 0.3) is 5.82 Å². The van der Waals surface area contributed by atoms with Crippen molar-refractivity contribution in [3.8, 4) is 5.82 Å². The number of aryl methyl sites for hydroxylation is 3. The maximum absolute atomic E-state index is 6.05. The summed E-state index contributed by atoms with van der Waals surface area (Å²) in [5, 5.41) is 17.0. The Balaban J connectivity index is 1.36. The molecule has 1 fully saturated rings. The molecule has 0 saturated carbocycles. The van der Waals surface area contributed by atoms with Crippen LogP contribution in [0, 0.1) is 20.8 Å². The molecule has 1 saturated heterocycles. The number of aromatic nitrogens is 5. The van der Waals surface area contributed by atoms with Crippen LogP contribution in [0.15, 0.2) is 28.9 Å². The van der Waals surface area contributed by atoms with Crippen molar-refractivity contribution >= 4 is 5.82 Å². The molecule has 8 nitrogen and oxygen atoms in total. The molecule has 1 unspecified atom stereocenters. The monoisotopic (exact) mass is 354 g/mol. The zero-order valence-electron chi connectivity index (χ0n) is 15.2. The highest BCUT2D eigenvalue weighted by atomic mass is 16.5. The molecule has 4 rings (SSSR count). The van der Waals surface area contributed by atoms with Gasteiger partial charge in [-0.25, -0.2) is 4.68 Å². The van der Waals surface area contributed by atoms with Gasteiger partial charge in [0, 0.05) is 24.8 Å². The predicted molar refractivity (Wildman–Crippen MR) is 95.3 cm³/mol. The summed E-state index contributed by atoms with van der Waals surface area (Å²) < 4.78 is 13.0. The number of ether oxygens (including phenoxy) is 1. The smallest absolute Gasteiger partial charge is 0.175 e. The summed E-state index contributed by atoms with van der Waals surface area (Å²) in [5.74, 6) is 2.40. The van der Waals surface area contributed by atoms with Crippen LogP contribution in [0.3, 0.4) is 0 Å². The van der Waals surface area contributed by atoms with Crippen LogP contribution < -0.4 is 4.90 Å². The third-order valence-corrected chi connectivity index (χ3v) is 4.71. The zero-order valence-corrected chi connectivity index (χ0v) is 15.2. The van der Waals surface area contributed by atoms with E-state index in [1.54, 1.807) is 4.68 Å². The maximum Gasteiger partial charge on any atom is 0.175 e. The Morgan fingerprint density at radius 1 is 1.15 bits per heavy atom. The van der Waals surface area contributed by atoms with Gasteiger partial charge in [-0.05, 0) is 45.4 Å². The second-order valence-corrected chi connectivity index (χ2v) is 6.62. The lowest BCUT2D eigenvalue weighted by Crippen LogP contribution is -2.24. The van der Waals surface area contributed by atoms with E-state index < -0.39 is 0 Å². The second-order valence-electron chi connectivity index (χ2n) is 6.62. The molecule has 0 bridgehead atoms. The molecule has 0 aromatic carbocycles. The molecular formula is C18H22N6O2. The Bertz CT molecular complexity index is 866. The van der Waals surface area contributed by atoms with Crippen molar-refractivity contribution in [2.75, 3.05) is 18.0 Å². The summed E-state index contributed by atoms with van der Waals surface area (Å²) in [4.78, 5) is 2.20. The molecule has 26 heavy (non-hydrogen) atoms. The van der Waals surface area contributed by atoms with Gasteiger partial charge in [0.05, 0.1) is 24.1 Å². The topological polar surface area (TPSA) is 82.1 Å². The first-order valence-electron chi connectivity index (χ1n) is 8.75. The Kier molecular flexibility index (Phi) is 4.42. The van der Waals surface area contributed by atoms with Gasteiger partial charge >= 0.3 is 0 Å². The van der Waals surface area contributed by atoms with E-state index >= 15 is 0 Å². The molecule has 0 amide bonds. The van der Waals surface area contributed by atoms with E-state index in [1.165, 1.54) is 0 Å². The summed E-state index contributed by atoms with van der Waals surface area (Å²) in [6, 6.07) is 5.86. The van der Waals surface area contributed by atoms with Gasteiger partial charge < -0.3 is 14.2 Å². The molecule has 1 atom stereocenters. The standard InChI is InChI=1S/C18H22N6O2/c1-12-6-9-24(21-12)18-5-4-17(19-20-18)23-8-7-15(10-23)25-11-16-13(2)22-26-14(16)3/h4-6,9,15H,7-8,10-11H2,1-3H3. The molecule has 8 heteroatoms. The molecular weight excluding hydrogens is 332 g/mol. The number of anilines is 1. The summed E-state index contributed by atoms with van der Waals surface area (Å²) in [6.45, 7) is 8.04. The normalized spacial score (nSPS) is 17.2. The van der Waals surface area contributed by atoms with Gasteiger partial charge in [-0.15, -0.1) is 10.2 Å². The quantitative estimate of drug-likeness (QED) is 0.695. The van der Waals surface area contributed by atoms with Crippen molar-refractivity contribution in [2.24, 2.45) is 0 Å². The highest BCUT2D eigenvalue weighted by Crippen LogP contribution is 2.22. The van der Waals surface area contributed by atoms with Crippen molar-refractivity contribution in [3.05, 3.63) is 47.1 Å². The minimum absolute atomic E-state index is 0.166. The molecule has 1 aliphatic heterocycles. The minimum Gasteiger partial charge on any atom is -0.371 e. The van der Waals surface area contributed by atoms with E-state index in [0.717, 1.165) is 48.0 Å². The highest BCUT2D eigenvalue weighted by molar-refractivity contribution is 5.41. The fraction of sp³-hybridized carbons (Fsp3) is 0.444. The Morgan fingerprint density at radius 2 is 1.96 bits per heavy atom. The van der Waals surface area contributed by atoms with Gasteiger partial charge in [0.15, 0.2) is 11.6 Å². The Morgan fingerprint density at radius 3 is 2.62 bits per heavy atom. The SMILES string of the molecule is Cc1ccn(-c2ccc(N3CCC(OCc4c(C)noc4C)C3)nn2)n1. The summed E-state index contributed by atoms with van der Waals surface area (Å²) >= 11 is 0. The summed E-state index contributed by atoms with van der Waals surface area (Å²) in [7, 11) is 0. The fourth-order valence-electron chi connectivity index (χ4n) is 3.13. The highest BCUT2D eigenvalue weighted by Gasteiger charge is 2.25. The van der Waals surface area contributed by atoms with Gasteiger partial charge in [-0.1, -0.05) is 5.16 Å². The van der Waals surface area contributed by atoms with Crippen molar-refractivity contribution in [3.63, 3.8) is 0 Å². The Labute approximate surface area is 151 Å². The van der Waals surface area contributed by atoms with E-state index in [1.807, 2.05) is 45.2 Å². The van der Waals surface area contributed by atoms with Crippen LogP contribution >= 0.6 is 0 Å². The van der Waals surface area contributed by atoms with E-state index in [0.29, 0.717) is 12.4 Å². The second kappa shape index (κ2) is 6.87. The summed E-state index contributed by atoms with van der Waals surface area (Å²) in [5.41, 5.74) is 2.89. The number of hydrogen-bond acceptors (Lipinski definition) is 7. The van der Waals surface area contributed by atoms with Gasteiger partial charge in [0.25, 0.3) is 0 Å². The van der Waals surface area contributed by atoms with Gasteiger partial charge in [-0.3, -0.25) is 0 Å². The summed E-state index contributed by atoms with van der Waals surface area (Å²) in [6.07, 6.45) is 3.01. The van der Waals surface area contributed by atoms with Crippen molar-refractivity contribution in [2.45, 2.75) is 39.9 Å². The van der Waals surface area contributed by atoms with E-state index in [9.17, 15) is 0 Å². The van der Waals surface area contributed by atoms with Crippen LogP contribution in [0.4, 0.5) is 5.82 Å². The van der Waals surface area contributed by atoms with Crippen LogP contribution in [0.2, 0.25) is 0 Å². The first-order chi connectivity index (χ1) is 12.6. The predicted octanol–water partition coefficient (Wildman–Crippen LogP) is 2.37. The number of hydrogen-bond donors (Lipinski definition) is 0.